The molecule has 0 unspecified atom stereocenters. The molecule has 0 amide bonds. The number of aliphatic hydroxyl groups excluding tert-OH is 1. The molecule has 11 heavy (non-hydrogen) atoms. The van der Waals surface area contributed by atoms with E-state index in [2.05, 4.69) is 0 Å². The molecular weight excluding hydrogens is 174 g/mol. The van der Waals surface area contributed by atoms with Gasteiger partial charge in [0.15, 0.2) is 0 Å². The predicted octanol–water partition coefficient (Wildman–Crippen LogP) is 0.144. The summed E-state index contributed by atoms with van der Waals surface area (Å²) in [7, 11) is -4.67. The molecule has 0 fully saturated rings. The summed E-state index contributed by atoms with van der Waals surface area (Å²) in [6, 6.07) is 0. The molecule has 0 radical (unpaired) electrons. The van der Waals surface area contributed by atoms with Gasteiger partial charge in [-0.2, -0.15) is 8.42 Å². The minimum atomic E-state index is -4.67. The van der Waals surface area contributed by atoms with Gasteiger partial charge < -0.3 is 11.3 Å². The Hall–Kier alpha value is -0.210. The molecule has 72 valence electrons. The van der Waals surface area contributed by atoms with Gasteiger partial charge in [0.25, 0.3) is 0 Å². The van der Waals surface area contributed by atoms with Crippen LogP contribution in [0, 0.1) is 5.92 Å². The van der Waals surface area contributed by atoms with Crippen LogP contribution in [0.5, 0.6) is 0 Å². The van der Waals surface area contributed by atoms with Crippen LogP contribution in [0.3, 0.4) is 0 Å². The lowest BCUT2D eigenvalue weighted by Crippen LogP contribution is -1.90. The molecule has 0 rings (SSSR count). The van der Waals surface area contributed by atoms with Crippen molar-refractivity contribution in [3.8, 4) is 0 Å². The van der Waals surface area contributed by atoms with Crippen LogP contribution in [0.2, 0.25) is 0 Å². The Bertz CT molecular complexity index is 144. The van der Waals surface area contributed by atoms with E-state index in [1.807, 2.05) is 13.8 Å². The summed E-state index contributed by atoms with van der Waals surface area (Å²) in [6.45, 7) is 4.25. The van der Waals surface area contributed by atoms with Crippen molar-refractivity contribution in [2.75, 3.05) is 6.61 Å². The fourth-order valence-corrected chi connectivity index (χ4v) is 0. The van der Waals surface area contributed by atoms with Crippen molar-refractivity contribution in [2.24, 2.45) is 5.92 Å². The van der Waals surface area contributed by atoms with Gasteiger partial charge in [-0.05, 0) is 5.92 Å². The van der Waals surface area contributed by atoms with Crippen LogP contribution < -0.4 is 6.15 Å². The highest BCUT2D eigenvalue weighted by Crippen LogP contribution is 1.83. The number of hydrogen-bond acceptors (Lipinski definition) is 4. The highest BCUT2D eigenvalue weighted by Gasteiger charge is 1.84. The predicted molar refractivity (Wildman–Crippen MR) is 41.1 cm³/mol. The zero-order valence-corrected chi connectivity index (χ0v) is 7.37. The first-order valence-corrected chi connectivity index (χ1v) is 3.97. The Labute approximate surface area is 66.4 Å². The lowest BCUT2D eigenvalue weighted by atomic mass is 10.2. The van der Waals surface area contributed by atoms with E-state index >= 15 is 0 Å². The Morgan fingerprint density at radius 2 is 1.36 bits per heavy atom. The van der Waals surface area contributed by atoms with Gasteiger partial charge in [0.1, 0.15) is 0 Å². The molecule has 0 aromatic heterocycles. The Morgan fingerprint density at radius 3 is 1.36 bits per heavy atom. The van der Waals surface area contributed by atoms with Crippen molar-refractivity contribution in [1.82, 2.24) is 6.15 Å². The largest absolute Gasteiger partial charge is 0.396 e. The van der Waals surface area contributed by atoms with Crippen LogP contribution in [-0.2, 0) is 10.4 Å². The first-order chi connectivity index (χ1) is 4.27. The van der Waals surface area contributed by atoms with Gasteiger partial charge in [-0.1, -0.05) is 13.8 Å². The summed E-state index contributed by atoms with van der Waals surface area (Å²) in [5, 5.41) is 8.14. The first kappa shape index (κ1) is 17.0. The van der Waals surface area contributed by atoms with Crippen molar-refractivity contribution in [1.29, 1.82) is 0 Å². The molecule has 0 aliphatic rings. The van der Waals surface area contributed by atoms with Crippen molar-refractivity contribution < 1.29 is 22.6 Å². The van der Waals surface area contributed by atoms with E-state index in [9.17, 15) is 0 Å². The molecule has 6 nitrogen and oxygen atoms in total. The third kappa shape index (κ3) is 185. The second-order valence-corrected chi connectivity index (χ2v) is 2.92. The molecule has 6 N–H and O–H groups in total. The smallest absolute Gasteiger partial charge is 0.394 e. The third-order valence-electron chi connectivity index (χ3n) is 0.365. The van der Waals surface area contributed by atoms with Crippen LogP contribution in [0.4, 0.5) is 0 Å². The minimum Gasteiger partial charge on any atom is -0.396 e. The molecular formula is C4H15NO5S. The molecule has 0 aliphatic carbocycles. The molecule has 0 atom stereocenters. The quantitative estimate of drug-likeness (QED) is 0.434. The van der Waals surface area contributed by atoms with E-state index < -0.39 is 10.4 Å². The fraction of sp³-hybridized carbons (Fsp3) is 1.00. The van der Waals surface area contributed by atoms with E-state index in [0.29, 0.717) is 12.5 Å². The van der Waals surface area contributed by atoms with Crippen LogP contribution in [0.1, 0.15) is 13.8 Å². The van der Waals surface area contributed by atoms with E-state index in [-0.39, 0.29) is 6.15 Å². The maximum atomic E-state index is 8.74. The molecule has 0 saturated carbocycles. The molecule has 0 bridgehead atoms. The number of hydrogen-bond donors (Lipinski definition) is 4. The van der Waals surface area contributed by atoms with Crippen molar-refractivity contribution >= 4 is 10.4 Å². The topological polar surface area (TPSA) is 130 Å². The van der Waals surface area contributed by atoms with Crippen LogP contribution >= 0.6 is 0 Å². The highest BCUT2D eigenvalue weighted by atomic mass is 32.3. The third-order valence-corrected chi connectivity index (χ3v) is 0.365. The summed E-state index contributed by atoms with van der Waals surface area (Å²) in [5.74, 6) is 0.440. The summed E-state index contributed by atoms with van der Waals surface area (Å²) in [4.78, 5) is 0. The van der Waals surface area contributed by atoms with E-state index in [4.69, 9.17) is 22.6 Å². The monoisotopic (exact) mass is 189 g/mol. The standard InChI is InChI=1S/C4H10O.H3N.H2O4S/c1-4(2)3-5;;1-5(2,3)4/h4-5H,3H2,1-2H3;1H3;(H2,1,2,3,4). The van der Waals surface area contributed by atoms with E-state index in [1.54, 1.807) is 0 Å². The lowest BCUT2D eigenvalue weighted by Gasteiger charge is -1.90. The van der Waals surface area contributed by atoms with E-state index in [1.165, 1.54) is 0 Å². The van der Waals surface area contributed by atoms with Crippen molar-refractivity contribution in [2.45, 2.75) is 13.8 Å². The van der Waals surface area contributed by atoms with Crippen LogP contribution in [0.15, 0.2) is 0 Å². The second-order valence-electron chi connectivity index (χ2n) is 2.02. The average Bonchev–Trinajstić information content (AvgIpc) is 1.61. The molecule has 0 saturated heterocycles. The Kier molecular flexibility index (Phi) is 12.2. The van der Waals surface area contributed by atoms with Crippen molar-refractivity contribution in [3.05, 3.63) is 0 Å². The molecule has 7 heteroatoms. The first-order valence-electron chi connectivity index (χ1n) is 2.58. The van der Waals surface area contributed by atoms with Gasteiger partial charge in [0.05, 0.1) is 0 Å². The molecule has 0 aromatic rings. The summed E-state index contributed by atoms with van der Waals surface area (Å²) in [6.07, 6.45) is 0. The highest BCUT2D eigenvalue weighted by molar-refractivity contribution is 7.79. The number of rotatable bonds is 1. The minimum absolute atomic E-state index is 0. The lowest BCUT2D eigenvalue weighted by molar-refractivity contribution is 0.248. The van der Waals surface area contributed by atoms with E-state index in [0.717, 1.165) is 0 Å². The molecule has 0 aromatic carbocycles. The van der Waals surface area contributed by atoms with Gasteiger partial charge in [-0.3, -0.25) is 9.11 Å². The fourth-order valence-electron chi connectivity index (χ4n) is 0. The van der Waals surface area contributed by atoms with Crippen LogP contribution in [0.25, 0.3) is 0 Å². The van der Waals surface area contributed by atoms with Crippen LogP contribution in [-0.4, -0.2) is 29.2 Å². The normalized spacial score (nSPS) is 9.64. The zero-order valence-electron chi connectivity index (χ0n) is 6.56. The Morgan fingerprint density at radius 1 is 1.27 bits per heavy atom. The van der Waals surface area contributed by atoms with Gasteiger partial charge in [-0.25, -0.2) is 0 Å². The SMILES string of the molecule is CC(C)CO.N.O=S(=O)(O)O. The molecule has 0 aliphatic heterocycles. The second kappa shape index (κ2) is 7.89. The summed E-state index contributed by atoms with van der Waals surface area (Å²) in [5.41, 5.74) is 0. The molecule has 0 spiro atoms. The average molecular weight is 189 g/mol. The maximum Gasteiger partial charge on any atom is 0.394 e. The summed E-state index contributed by atoms with van der Waals surface area (Å²) >= 11 is 0. The zero-order chi connectivity index (χ0) is 8.78. The van der Waals surface area contributed by atoms with Gasteiger partial charge in [0.2, 0.25) is 0 Å². The van der Waals surface area contributed by atoms with Gasteiger partial charge in [0, 0.05) is 6.61 Å². The molecule has 0 heterocycles. The summed E-state index contributed by atoms with van der Waals surface area (Å²) < 4.78 is 31.6. The van der Waals surface area contributed by atoms with Crippen molar-refractivity contribution in [3.63, 3.8) is 0 Å². The number of aliphatic hydroxyl groups is 1. The van der Waals surface area contributed by atoms with Gasteiger partial charge >= 0.3 is 10.4 Å². The maximum absolute atomic E-state index is 8.74. The Balaban J connectivity index is -0.000000107. The van der Waals surface area contributed by atoms with Gasteiger partial charge in [-0.15, -0.1) is 0 Å².